The Morgan fingerprint density at radius 3 is 2.40 bits per heavy atom. The van der Waals surface area contributed by atoms with Gasteiger partial charge in [0.25, 0.3) is 11.6 Å². The standard InChI is InChI=1S/C8H6N2O5/c9-7(11)5-2-1-4(8(12)13)3-6(5)10(14)15/h1-3H,(H2,9,11)(H,12,13). The molecule has 0 heterocycles. The quantitative estimate of drug-likeness (QED) is 0.551. The molecule has 0 aliphatic heterocycles. The minimum Gasteiger partial charge on any atom is -0.478 e. The fourth-order valence-corrected chi connectivity index (χ4v) is 1.02. The first-order valence-electron chi connectivity index (χ1n) is 3.75. The lowest BCUT2D eigenvalue weighted by Gasteiger charge is -1.99. The Hall–Kier alpha value is -2.44. The summed E-state index contributed by atoms with van der Waals surface area (Å²) < 4.78 is 0. The fraction of sp³-hybridized carbons (Fsp3) is 0. The zero-order valence-corrected chi connectivity index (χ0v) is 7.34. The molecule has 78 valence electrons. The largest absolute Gasteiger partial charge is 0.478 e. The molecule has 0 saturated heterocycles. The van der Waals surface area contributed by atoms with Crippen molar-refractivity contribution < 1.29 is 19.6 Å². The number of carboxylic acid groups (broad SMARTS) is 1. The number of carbonyl (C=O) groups excluding carboxylic acids is 1. The van der Waals surface area contributed by atoms with Crippen LogP contribution < -0.4 is 5.73 Å². The Balaban J connectivity index is 3.40. The number of rotatable bonds is 3. The summed E-state index contributed by atoms with van der Waals surface area (Å²) in [6.45, 7) is 0. The zero-order chi connectivity index (χ0) is 11.6. The number of nitrogens with two attached hydrogens (primary N) is 1. The van der Waals surface area contributed by atoms with Crippen molar-refractivity contribution in [1.82, 2.24) is 0 Å². The van der Waals surface area contributed by atoms with Crippen molar-refractivity contribution in [2.45, 2.75) is 0 Å². The van der Waals surface area contributed by atoms with Crippen LogP contribution in [0.4, 0.5) is 5.69 Å². The number of nitrogens with zero attached hydrogens (tertiary/aromatic N) is 1. The average molecular weight is 210 g/mol. The van der Waals surface area contributed by atoms with Crippen LogP contribution in [-0.4, -0.2) is 21.9 Å². The van der Waals surface area contributed by atoms with E-state index >= 15 is 0 Å². The van der Waals surface area contributed by atoms with Gasteiger partial charge in [-0.3, -0.25) is 14.9 Å². The molecule has 3 N–H and O–H groups in total. The lowest BCUT2D eigenvalue weighted by Crippen LogP contribution is -2.14. The van der Waals surface area contributed by atoms with Gasteiger partial charge in [-0.05, 0) is 12.1 Å². The summed E-state index contributed by atoms with van der Waals surface area (Å²) in [5, 5.41) is 19.1. The number of aromatic carboxylic acids is 1. The molecular formula is C8H6N2O5. The number of nitro groups is 1. The van der Waals surface area contributed by atoms with Gasteiger partial charge in [-0.15, -0.1) is 0 Å². The predicted octanol–water partition coefficient (Wildman–Crippen LogP) is 0.392. The van der Waals surface area contributed by atoms with Crippen LogP contribution in [0.2, 0.25) is 0 Å². The van der Waals surface area contributed by atoms with E-state index in [2.05, 4.69) is 0 Å². The van der Waals surface area contributed by atoms with Crippen LogP contribution in [0, 0.1) is 10.1 Å². The van der Waals surface area contributed by atoms with E-state index in [1.807, 2.05) is 0 Å². The Kier molecular flexibility index (Phi) is 2.65. The first kappa shape index (κ1) is 10.6. The normalized spacial score (nSPS) is 9.60. The Morgan fingerprint density at radius 2 is 2.00 bits per heavy atom. The van der Waals surface area contributed by atoms with Gasteiger partial charge >= 0.3 is 5.97 Å². The van der Waals surface area contributed by atoms with Crippen LogP contribution in [0.5, 0.6) is 0 Å². The van der Waals surface area contributed by atoms with Gasteiger partial charge in [0.1, 0.15) is 5.56 Å². The number of amides is 1. The molecular weight excluding hydrogens is 204 g/mol. The van der Waals surface area contributed by atoms with Crippen LogP contribution in [-0.2, 0) is 0 Å². The third-order valence-corrected chi connectivity index (χ3v) is 1.71. The van der Waals surface area contributed by atoms with Crippen molar-refractivity contribution >= 4 is 17.6 Å². The monoisotopic (exact) mass is 210 g/mol. The Bertz CT molecular complexity index is 454. The topological polar surface area (TPSA) is 124 Å². The van der Waals surface area contributed by atoms with Gasteiger partial charge in [0.15, 0.2) is 0 Å². The van der Waals surface area contributed by atoms with E-state index < -0.39 is 22.5 Å². The molecule has 0 bridgehead atoms. The van der Waals surface area contributed by atoms with Crippen LogP contribution in [0.15, 0.2) is 18.2 Å². The number of carbonyl (C=O) groups is 2. The summed E-state index contributed by atoms with van der Waals surface area (Å²) in [4.78, 5) is 30.9. The molecule has 1 aromatic rings. The highest BCUT2D eigenvalue weighted by atomic mass is 16.6. The van der Waals surface area contributed by atoms with E-state index in [0.29, 0.717) is 0 Å². The molecule has 0 fully saturated rings. The van der Waals surface area contributed by atoms with Gasteiger partial charge < -0.3 is 10.8 Å². The zero-order valence-electron chi connectivity index (χ0n) is 7.34. The number of hydrogen-bond acceptors (Lipinski definition) is 4. The second-order valence-corrected chi connectivity index (χ2v) is 2.66. The van der Waals surface area contributed by atoms with Crippen molar-refractivity contribution in [3.63, 3.8) is 0 Å². The molecule has 15 heavy (non-hydrogen) atoms. The van der Waals surface area contributed by atoms with E-state index in [0.717, 1.165) is 18.2 Å². The van der Waals surface area contributed by atoms with Crippen molar-refractivity contribution in [2.24, 2.45) is 5.73 Å². The first-order valence-corrected chi connectivity index (χ1v) is 3.75. The summed E-state index contributed by atoms with van der Waals surface area (Å²) in [7, 11) is 0. The van der Waals surface area contributed by atoms with Gasteiger partial charge in [-0.2, -0.15) is 0 Å². The van der Waals surface area contributed by atoms with Crippen molar-refractivity contribution in [3.8, 4) is 0 Å². The molecule has 0 unspecified atom stereocenters. The van der Waals surface area contributed by atoms with E-state index in [1.54, 1.807) is 0 Å². The maximum absolute atomic E-state index is 10.8. The smallest absolute Gasteiger partial charge is 0.335 e. The molecule has 7 nitrogen and oxygen atoms in total. The molecule has 0 atom stereocenters. The second-order valence-electron chi connectivity index (χ2n) is 2.66. The molecule has 1 amide bonds. The maximum Gasteiger partial charge on any atom is 0.335 e. The highest BCUT2D eigenvalue weighted by molar-refractivity contribution is 5.99. The summed E-state index contributed by atoms with van der Waals surface area (Å²) in [6, 6.07) is 2.89. The van der Waals surface area contributed by atoms with Crippen molar-refractivity contribution in [2.75, 3.05) is 0 Å². The number of nitro benzene ring substituents is 1. The summed E-state index contributed by atoms with van der Waals surface area (Å²) >= 11 is 0. The van der Waals surface area contributed by atoms with E-state index in [4.69, 9.17) is 10.8 Å². The number of hydrogen-bond donors (Lipinski definition) is 2. The number of benzene rings is 1. The van der Waals surface area contributed by atoms with Gasteiger partial charge in [0.05, 0.1) is 10.5 Å². The lowest BCUT2D eigenvalue weighted by molar-refractivity contribution is -0.385. The van der Waals surface area contributed by atoms with Crippen LogP contribution in [0.25, 0.3) is 0 Å². The number of carboxylic acids is 1. The second kappa shape index (κ2) is 3.74. The Morgan fingerprint density at radius 1 is 1.40 bits per heavy atom. The molecule has 0 aromatic heterocycles. The lowest BCUT2D eigenvalue weighted by atomic mass is 10.1. The van der Waals surface area contributed by atoms with Crippen LogP contribution in [0.1, 0.15) is 20.7 Å². The Labute approximate surface area is 83.3 Å². The van der Waals surface area contributed by atoms with Crippen LogP contribution in [0.3, 0.4) is 0 Å². The molecule has 0 aliphatic carbocycles. The summed E-state index contributed by atoms with van der Waals surface area (Å²) in [6.07, 6.45) is 0. The summed E-state index contributed by atoms with van der Waals surface area (Å²) in [5.41, 5.74) is 3.69. The molecule has 7 heteroatoms. The predicted molar refractivity (Wildman–Crippen MR) is 48.6 cm³/mol. The summed E-state index contributed by atoms with van der Waals surface area (Å²) in [5.74, 6) is -2.28. The fourth-order valence-electron chi connectivity index (χ4n) is 1.02. The third-order valence-electron chi connectivity index (χ3n) is 1.71. The minimum absolute atomic E-state index is 0.272. The molecule has 0 aliphatic rings. The van der Waals surface area contributed by atoms with Crippen molar-refractivity contribution in [3.05, 3.63) is 39.4 Å². The maximum atomic E-state index is 10.8. The third kappa shape index (κ3) is 2.08. The molecule has 1 rings (SSSR count). The molecule has 1 aromatic carbocycles. The van der Waals surface area contributed by atoms with Crippen molar-refractivity contribution in [1.29, 1.82) is 0 Å². The minimum atomic E-state index is -1.31. The molecule has 0 radical (unpaired) electrons. The number of primary amides is 1. The SMILES string of the molecule is NC(=O)c1ccc(C(=O)O)cc1[N+](=O)[O-]. The van der Waals surface area contributed by atoms with Gasteiger partial charge in [0, 0.05) is 6.07 Å². The highest BCUT2D eigenvalue weighted by Crippen LogP contribution is 2.19. The van der Waals surface area contributed by atoms with Gasteiger partial charge in [-0.25, -0.2) is 4.79 Å². The molecule has 0 spiro atoms. The van der Waals surface area contributed by atoms with E-state index in [1.165, 1.54) is 0 Å². The van der Waals surface area contributed by atoms with E-state index in [9.17, 15) is 19.7 Å². The highest BCUT2D eigenvalue weighted by Gasteiger charge is 2.20. The van der Waals surface area contributed by atoms with Gasteiger partial charge in [0.2, 0.25) is 0 Å². The first-order chi connectivity index (χ1) is 6.93. The average Bonchev–Trinajstić information content (AvgIpc) is 2.16. The molecule has 0 saturated carbocycles. The van der Waals surface area contributed by atoms with Crippen LogP contribution >= 0.6 is 0 Å². The van der Waals surface area contributed by atoms with Gasteiger partial charge in [-0.1, -0.05) is 0 Å². The van der Waals surface area contributed by atoms with E-state index in [-0.39, 0.29) is 11.1 Å².